The van der Waals surface area contributed by atoms with Crippen molar-refractivity contribution in [1.29, 1.82) is 0 Å². The minimum atomic E-state index is -0.181. The van der Waals surface area contributed by atoms with Gasteiger partial charge < -0.3 is 10.4 Å². The molecule has 0 amide bonds. The summed E-state index contributed by atoms with van der Waals surface area (Å²) in [6, 6.07) is 1.45. The Labute approximate surface area is 120 Å². The molecule has 20 heavy (non-hydrogen) atoms. The predicted octanol–water partition coefficient (Wildman–Crippen LogP) is 1.18. The van der Waals surface area contributed by atoms with Gasteiger partial charge in [-0.15, -0.1) is 0 Å². The number of H-pyrrole nitrogens is 1. The van der Waals surface area contributed by atoms with Crippen molar-refractivity contribution in [2.24, 2.45) is 5.84 Å². The van der Waals surface area contributed by atoms with Crippen molar-refractivity contribution in [2.75, 3.05) is 5.43 Å². The van der Waals surface area contributed by atoms with E-state index in [4.69, 9.17) is 5.84 Å². The zero-order valence-electron chi connectivity index (χ0n) is 11.5. The summed E-state index contributed by atoms with van der Waals surface area (Å²) in [5, 5.41) is 1.22. The lowest BCUT2D eigenvalue weighted by molar-refractivity contribution is 0.860. The summed E-state index contributed by atoms with van der Waals surface area (Å²) < 4.78 is 0. The fraction of sp³-hybridized carbons (Fsp3) is 0.333. The number of aromatic nitrogens is 4. The van der Waals surface area contributed by atoms with Crippen LogP contribution in [0.25, 0.3) is 0 Å². The number of hydrogen-bond donors (Lipinski definition) is 3. The van der Waals surface area contributed by atoms with Crippen LogP contribution >= 0.6 is 11.8 Å². The van der Waals surface area contributed by atoms with Gasteiger partial charge in [-0.3, -0.25) is 4.79 Å². The minimum absolute atomic E-state index is 0.181. The second kappa shape index (κ2) is 6.02. The van der Waals surface area contributed by atoms with Crippen molar-refractivity contribution in [1.82, 2.24) is 19.9 Å². The van der Waals surface area contributed by atoms with E-state index < -0.39 is 0 Å². The summed E-state index contributed by atoms with van der Waals surface area (Å²) in [6.45, 7) is 5.60. The van der Waals surface area contributed by atoms with Crippen LogP contribution in [0.3, 0.4) is 0 Å². The zero-order valence-corrected chi connectivity index (χ0v) is 12.3. The van der Waals surface area contributed by atoms with Gasteiger partial charge in [-0.1, -0.05) is 6.92 Å². The van der Waals surface area contributed by atoms with Crippen molar-refractivity contribution in [3.8, 4) is 0 Å². The molecule has 2 aromatic rings. The van der Waals surface area contributed by atoms with Gasteiger partial charge in [-0.05, 0) is 25.6 Å². The topological polar surface area (TPSA) is 110 Å². The first-order chi connectivity index (χ1) is 9.53. The number of aryl methyl sites for hydroxylation is 2. The highest BCUT2D eigenvalue weighted by Gasteiger charge is 2.12. The number of aromatic amines is 1. The average Bonchev–Trinajstić information content (AvgIpc) is 2.40. The normalized spacial score (nSPS) is 10.6. The molecule has 2 heterocycles. The maximum Gasteiger partial charge on any atom is 0.251 e. The number of nitrogen functional groups attached to an aromatic ring is 1. The lowest BCUT2D eigenvalue weighted by Gasteiger charge is -2.10. The Hall–Kier alpha value is -1.93. The van der Waals surface area contributed by atoms with Gasteiger partial charge in [0.15, 0.2) is 5.16 Å². The van der Waals surface area contributed by atoms with Gasteiger partial charge in [0.25, 0.3) is 5.56 Å². The van der Waals surface area contributed by atoms with Crippen LogP contribution in [-0.4, -0.2) is 19.9 Å². The van der Waals surface area contributed by atoms with Gasteiger partial charge in [-0.25, -0.2) is 20.8 Å². The molecule has 0 spiro atoms. The second-order valence-corrected chi connectivity index (χ2v) is 5.19. The van der Waals surface area contributed by atoms with Crippen LogP contribution in [0, 0.1) is 13.8 Å². The number of nitrogens with zero attached hydrogens (tertiary/aromatic N) is 3. The third kappa shape index (κ3) is 3.14. The van der Waals surface area contributed by atoms with Crippen LogP contribution in [-0.2, 0) is 6.42 Å². The van der Waals surface area contributed by atoms with Gasteiger partial charge in [0.2, 0.25) is 0 Å². The number of nitrogens with one attached hydrogen (secondary N) is 2. The van der Waals surface area contributed by atoms with E-state index in [-0.39, 0.29) is 5.56 Å². The molecular weight excluding hydrogens is 276 g/mol. The van der Waals surface area contributed by atoms with Crippen molar-refractivity contribution in [3.05, 3.63) is 33.5 Å². The van der Waals surface area contributed by atoms with Crippen molar-refractivity contribution in [2.45, 2.75) is 37.4 Å². The van der Waals surface area contributed by atoms with Crippen LogP contribution in [0.5, 0.6) is 0 Å². The maximum absolute atomic E-state index is 11.5. The van der Waals surface area contributed by atoms with Crippen molar-refractivity contribution < 1.29 is 0 Å². The number of nitrogens with two attached hydrogens (primary N) is 1. The van der Waals surface area contributed by atoms with E-state index in [1.807, 2.05) is 13.8 Å². The molecule has 0 saturated heterocycles. The molecule has 0 aromatic carbocycles. The smallest absolute Gasteiger partial charge is 0.251 e. The molecule has 0 aliphatic carbocycles. The van der Waals surface area contributed by atoms with Crippen LogP contribution in [0.1, 0.15) is 24.0 Å². The monoisotopic (exact) mass is 292 g/mol. The molecule has 0 aliphatic rings. The number of hydrazine groups is 1. The molecule has 0 atom stereocenters. The summed E-state index contributed by atoms with van der Waals surface area (Å²) in [5.74, 6) is 6.72. The Balaban J connectivity index is 2.44. The van der Waals surface area contributed by atoms with Crippen LogP contribution in [0.4, 0.5) is 5.82 Å². The number of anilines is 1. The largest absolute Gasteiger partial charge is 0.308 e. The summed E-state index contributed by atoms with van der Waals surface area (Å²) in [4.78, 5) is 27.2. The third-order valence-corrected chi connectivity index (χ3v) is 3.62. The van der Waals surface area contributed by atoms with E-state index in [0.29, 0.717) is 28.9 Å². The average molecular weight is 292 g/mol. The highest BCUT2D eigenvalue weighted by molar-refractivity contribution is 7.99. The molecule has 0 saturated carbocycles. The van der Waals surface area contributed by atoms with E-state index in [9.17, 15) is 4.79 Å². The second-order valence-electron chi connectivity index (χ2n) is 4.21. The highest BCUT2D eigenvalue weighted by atomic mass is 32.2. The third-order valence-electron chi connectivity index (χ3n) is 2.64. The molecular formula is C12H16N6OS. The predicted molar refractivity (Wildman–Crippen MR) is 77.7 cm³/mol. The van der Waals surface area contributed by atoms with Crippen LogP contribution in [0.15, 0.2) is 21.0 Å². The first kappa shape index (κ1) is 14.5. The molecule has 2 rings (SSSR count). The van der Waals surface area contributed by atoms with E-state index in [1.54, 1.807) is 6.92 Å². The Morgan fingerprint density at radius 3 is 2.70 bits per heavy atom. The highest BCUT2D eigenvalue weighted by Crippen LogP contribution is 2.28. The first-order valence-corrected chi connectivity index (χ1v) is 6.95. The molecule has 7 nitrogen and oxygen atoms in total. The van der Waals surface area contributed by atoms with Crippen molar-refractivity contribution in [3.63, 3.8) is 0 Å². The van der Waals surface area contributed by atoms with Gasteiger partial charge in [0.05, 0.1) is 0 Å². The molecule has 0 radical (unpaired) electrons. The lowest BCUT2D eigenvalue weighted by Crippen LogP contribution is -2.13. The molecule has 8 heteroatoms. The minimum Gasteiger partial charge on any atom is -0.308 e. The van der Waals surface area contributed by atoms with E-state index >= 15 is 0 Å². The van der Waals surface area contributed by atoms with Crippen molar-refractivity contribution >= 4 is 17.6 Å². The maximum atomic E-state index is 11.5. The van der Waals surface area contributed by atoms with E-state index in [2.05, 4.69) is 25.4 Å². The summed E-state index contributed by atoms with van der Waals surface area (Å²) in [7, 11) is 0. The molecule has 0 bridgehead atoms. The molecule has 2 aromatic heterocycles. The van der Waals surface area contributed by atoms with Gasteiger partial charge in [0, 0.05) is 23.7 Å². The van der Waals surface area contributed by atoms with E-state index in [0.717, 1.165) is 10.6 Å². The van der Waals surface area contributed by atoms with Gasteiger partial charge in [0.1, 0.15) is 16.7 Å². The van der Waals surface area contributed by atoms with Crippen LogP contribution < -0.4 is 16.8 Å². The SMILES string of the molecule is CCc1nc(NN)c(C)c(Sc2nc(C)cc(=O)[nH]2)n1. The van der Waals surface area contributed by atoms with Gasteiger partial charge >= 0.3 is 0 Å². The molecule has 0 fully saturated rings. The Morgan fingerprint density at radius 2 is 2.10 bits per heavy atom. The Morgan fingerprint density at radius 1 is 1.35 bits per heavy atom. The fourth-order valence-corrected chi connectivity index (χ4v) is 2.55. The van der Waals surface area contributed by atoms with Crippen LogP contribution in [0.2, 0.25) is 0 Å². The quantitative estimate of drug-likeness (QED) is 0.336. The number of rotatable bonds is 4. The number of hydrogen-bond acceptors (Lipinski definition) is 7. The summed E-state index contributed by atoms with van der Waals surface area (Å²) in [5.41, 5.74) is 3.86. The Kier molecular flexibility index (Phi) is 4.35. The molecule has 0 unspecified atom stereocenters. The standard InChI is InChI=1S/C12H16N6OS/c1-4-8-15-10(18-13)7(3)11(16-8)20-12-14-6(2)5-9(19)17-12/h5H,4,13H2,1-3H3,(H,14,17,19)(H,15,16,18). The first-order valence-electron chi connectivity index (χ1n) is 6.13. The summed E-state index contributed by atoms with van der Waals surface area (Å²) >= 11 is 1.29. The van der Waals surface area contributed by atoms with E-state index in [1.165, 1.54) is 17.8 Å². The van der Waals surface area contributed by atoms with Gasteiger partial charge in [-0.2, -0.15) is 0 Å². The Bertz CT molecular complexity index is 684. The lowest BCUT2D eigenvalue weighted by atomic mass is 10.3. The summed E-state index contributed by atoms with van der Waals surface area (Å²) in [6.07, 6.45) is 0.695. The fourth-order valence-electron chi connectivity index (χ4n) is 1.63. The molecule has 106 valence electrons. The molecule has 0 aliphatic heterocycles. The zero-order chi connectivity index (χ0) is 14.7. The molecule has 4 N–H and O–H groups in total.